The number of hydrogen-bond donors (Lipinski definition) is 2. The summed E-state index contributed by atoms with van der Waals surface area (Å²) in [4.78, 5) is 17.5. The molecule has 26 heavy (non-hydrogen) atoms. The summed E-state index contributed by atoms with van der Waals surface area (Å²) in [5.41, 5.74) is 14.2. The number of aromatic nitrogens is 2. The van der Waals surface area contributed by atoms with E-state index in [0.717, 1.165) is 0 Å². The molecule has 6 nitrogen and oxygen atoms in total. The summed E-state index contributed by atoms with van der Waals surface area (Å²) >= 11 is 5.91. The van der Waals surface area contributed by atoms with Crippen LogP contribution in [0.2, 0.25) is 5.02 Å². The maximum atomic E-state index is 13.2. The number of ketones is 1. The van der Waals surface area contributed by atoms with Crippen LogP contribution in [0.3, 0.4) is 0 Å². The molecule has 0 spiro atoms. The van der Waals surface area contributed by atoms with Gasteiger partial charge in [0.1, 0.15) is 28.7 Å². The van der Waals surface area contributed by atoms with Gasteiger partial charge in [0.15, 0.2) is 0 Å². The Bertz CT molecular complexity index is 1240. The number of carbonyl (C=O) groups is 1. The van der Waals surface area contributed by atoms with Crippen LogP contribution in [0.4, 0.5) is 11.5 Å². The number of nitrogen functional groups attached to an aromatic ring is 2. The van der Waals surface area contributed by atoms with Crippen molar-refractivity contribution in [3.05, 3.63) is 70.5 Å². The highest BCUT2D eigenvalue weighted by atomic mass is 35.5. The van der Waals surface area contributed by atoms with Crippen molar-refractivity contribution < 1.29 is 4.79 Å². The van der Waals surface area contributed by atoms with Gasteiger partial charge in [-0.15, -0.1) is 0 Å². The Balaban J connectivity index is 2.13. The third-order valence-electron chi connectivity index (χ3n) is 4.28. The van der Waals surface area contributed by atoms with E-state index in [0.29, 0.717) is 32.7 Å². The maximum absolute atomic E-state index is 13.2. The molecule has 0 aliphatic carbocycles. The minimum atomic E-state index is -0.242. The van der Waals surface area contributed by atoms with E-state index in [1.165, 1.54) is 0 Å². The summed E-state index contributed by atoms with van der Waals surface area (Å²) in [6.45, 7) is 0. The molecule has 0 atom stereocenters. The highest BCUT2D eigenvalue weighted by Crippen LogP contribution is 2.35. The van der Waals surface area contributed by atoms with Crippen LogP contribution in [0.25, 0.3) is 16.4 Å². The number of benzene rings is 1. The lowest BCUT2D eigenvalue weighted by molar-refractivity contribution is 0.103. The Morgan fingerprint density at radius 3 is 2.58 bits per heavy atom. The molecule has 0 amide bonds. The van der Waals surface area contributed by atoms with E-state index in [-0.39, 0.29) is 22.9 Å². The number of pyridine rings is 2. The van der Waals surface area contributed by atoms with Crippen LogP contribution in [0, 0.1) is 11.3 Å². The second-order valence-corrected chi connectivity index (χ2v) is 6.20. The first-order valence-corrected chi connectivity index (χ1v) is 8.08. The van der Waals surface area contributed by atoms with Crippen LogP contribution in [0.15, 0.2) is 48.7 Å². The molecule has 4 rings (SSSR count). The van der Waals surface area contributed by atoms with Crippen molar-refractivity contribution in [1.82, 2.24) is 9.38 Å². The summed E-state index contributed by atoms with van der Waals surface area (Å²) in [7, 11) is 0. The SMILES string of the molecule is N#Cc1c(N)nc2c(C(=O)c3ccc(Cl)cc3)n3ccccc3c2c1N. The van der Waals surface area contributed by atoms with Gasteiger partial charge in [-0.25, -0.2) is 4.98 Å². The van der Waals surface area contributed by atoms with Gasteiger partial charge in [-0.2, -0.15) is 5.26 Å². The second-order valence-electron chi connectivity index (χ2n) is 5.76. The lowest BCUT2D eigenvalue weighted by Gasteiger charge is -2.05. The van der Waals surface area contributed by atoms with Crippen molar-refractivity contribution in [3.8, 4) is 6.07 Å². The smallest absolute Gasteiger partial charge is 0.211 e. The molecule has 0 unspecified atom stereocenters. The predicted octanol–water partition coefficient (Wildman–Crippen LogP) is 3.41. The Morgan fingerprint density at radius 2 is 1.88 bits per heavy atom. The Hall–Kier alpha value is -3.56. The monoisotopic (exact) mass is 361 g/mol. The van der Waals surface area contributed by atoms with Gasteiger partial charge in [-0.05, 0) is 36.4 Å². The average Bonchev–Trinajstić information content (AvgIpc) is 2.96. The highest BCUT2D eigenvalue weighted by molar-refractivity contribution is 6.30. The van der Waals surface area contributed by atoms with E-state index in [1.807, 2.05) is 18.2 Å². The molecule has 7 heteroatoms. The van der Waals surface area contributed by atoms with Crippen LogP contribution < -0.4 is 11.5 Å². The fourth-order valence-electron chi connectivity index (χ4n) is 3.08. The van der Waals surface area contributed by atoms with Crippen molar-refractivity contribution in [2.24, 2.45) is 0 Å². The van der Waals surface area contributed by atoms with E-state index in [4.69, 9.17) is 23.1 Å². The maximum Gasteiger partial charge on any atom is 0.211 e. The van der Waals surface area contributed by atoms with E-state index in [1.54, 1.807) is 40.9 Å². The number of fused-ring (bicyclic) bond motifs is 3. The molecule has 0 aliphatic heterocycles. The molecule has 126 valence electrons. The topological polar surface area (TPSA) is 110 Å². The Kier molecular flexibility index (Phi) is 3.53. The third kappa shape index (κ3) is 2.19. The first-order valence-electron chi connectivity index (χ1n) is 7.71. The van der Waals surface area contributed by atoms with E-state index < -0.39 is 0 Å². The normalized spacial score (nSPS) is 10.9. The number of halogens is 1. The zero-order chi connectivity index (χ0) is 18.4. The molecule has 0 bridgehead atoms. The minimum Gasteiger partial charge on any atom is -0.397 e. The fraction of sp³-hybridized carbons (Fsp3) is 0. The molecule has 3 aromatic heterocycles. The van der Waals surface area contributed by atoms with Gasteiger partial charge < -0.3 is 15.9 Å². The van der Waals surface area contributed by atoms with E-state index >= 15 is 0 Å². The molecule has 0 fully saturated rings. The Labute approximate surface area is 153 Å². The first kappa shape index (κ1) is 15.9. The largest absolute Gasteiger partial charge is 0.397 e. The van der Waals surface area contributed by atoms with Crippen LogP contribution >= 0.6 is 11.6 Å². The lowest BCUT2D eigenvalue weighted by Crippen LogP contribution is -2.07. The standard InChI is InChI=1S/C19H12ClN5O/c20-11-6-4-10(5-7-11)18(26)17-16-14(13-3-1-2-8-25(13)17)15(22)12(9-21)19(23)24-16/h1-8H,22H2,(H2,23,24). The number of nitrogens with zero attached hydrogens (tertiary/aromatic N) is 3. The van der Waals surface area contributed by atoms with Gasteiger partial charge in [0.05, 0.1) is 16.6 Å². The highest BCUT2D eigenvalue weighted by Gasteiger charge is 2.24. The average molecular weight is 362 g/mol. The molecule has 0 saturated carbocycles. The molecule has 3 heterocycles. The lowest BCUT2D eigenvalue weighted by atomic mass is 10.1. The summed E-state index contributed by atoms with van der Waals surface area (Å²) in [6.07, 6.45) is 1.75. The molecule has 4 aromatic rings. The summed E-state index contributed by atoms with van der Waals surface area (Å²) in [5.74, 6) is -0.243. The van der Waals surface area contributed by atoms with Crippen molar-refractivity contribution in [2.45, 2.75) is 0 Å². The minimum absolute atomic E-state index is 0.00133. The van der Waals surface area contributed by atoms with Crippen LogP contribution in [-0.2, 0) is 0 Å². The van der Waals surface area contributed by atoms with Crippen LogP contribution in [-0.4, -0.2) is 15.2 Å². The van der Waals surface area contributed by atoms with E-state index in [9.17, 15) is 10.1 Å². The molecule has 0 aliphatic rings. The molecule has 0 radical (unpaired) electrons. The second kappa shape index (κ2) is 5.76. The number of anilines is 2. The van der Waals surface area contributed by atoms with Crippen molar-refractivity contribution in [3.63, 3.8) is 0 Å². The van der Waals surface area contributed by atoms with E-state index in [2.05, 4.69) is 4.98 Å². The number of rotatable bonds is 2. The van der Waals surface area contributed by atoms with Gasteiger partial charge in [-0.1, -0.05) is 17.7 Å². The number of nitrogens with two attached hydrogens (primary N) is 2. The van der Waals surface area contributed by atoms with Crippen molar-refractivity contribution in [1.29, 1.82) is 5.26 Å². The summed E-state index contributed by atoms with van der Waals surface area (Å²) in [5, 5.41) is 10.4. The first-order chi connectivity index (χ1) is 12.5. The predicted molar refractivity (Wildman–Crippen MR) is 101 cm³/mol. The van der Waals surface area contributed by atoms with Gasteiger partial charge in [0, 0.05) is 16.8 Å². The molecular weight excluding hydrogens is 350 g/mol. The zero-order valence-corrected chi connectivity index (χ0v) is 14.2. The van der Waals surface area contributed by atoms with Gasteiger partial charge in [-0.3, -0.25) is 4.79 Å². The van der Waals surface area contributed by atoms with Crippen molar-refractivity contribution >= 4 is 45.3 Å². The summed E-state index contributed by atoms with van der Waals surface area (Å²) in [6, 6.07) is 14.0. The van der Waals surface area contributed by atoms with Crippen LogP contribution in [0.5, 0.6) is 0 Å². The van der Waals surface area contributed by atoms with Gasteiger partial charge >= 0.3 is 0 Å². The molecule has 1 aromatic carbocycles. The molecule has 4 N–H and O–H groups in total. The molecule has 0 saturated heterocycles. The van der Waals surface area contributed by atoms with Crippen LogP contribution in [0.1, 0.15) is 21.6 Å². The summed E-state index contributed by atoms with van der Waals surface area (Å²) < 4.78 is 1.71. The number of nitriles is 1. The molecular formula is C19H12ClN5O. The number of carbonyl (C=O) groups excluding carboxylic acids is 1. The third-order valence-corrected chi connectivity index (χ3v) is 4.53. The van der Waals surface area contributed by atoms with Crippen molar-refractivity contribution in [2.75, 3.05) is 11.5 Å². The Morgan fingerprint density at radius 1 is 1.15 bits per heavy atom. The fourth-order valence-corrected chi connectivity index (χ4v) is 3.21. The van der Waals surface area contributed by atoms with Gasteiger partial charge in [0.25, 0.3) is 0 Å². The number of hydrogen-bond acceptors (Lipinski definition) is 5. The zero-order valence-electron chi connectivity index (χ0n) is 13.4. The van der Waals surface area contributed by atoms with Gasteiger partial charge in [0.2, 0.25) is 5.78 Å². The quantitative estimate of drug-likeness (QED) is 0.531.